The number of nitrogens with one attached hydrogen (secondary N) is 2. The van der Waals surface area contributed by atoms with Crippen molar-refractivity contribution >= 4 is 33.0 Å². The van der Waals surface area contributed by atoms with Crippen LogP contribution in [-0.2, 0) is 14.6 Å². The van der Waals surface area contributed by atoms with Crippen LogP contribution in [0.15, 0.2) is 17.0 Å². The van der Waals surface area contributed by atoms with Crippen molar-refractivity contribution in [3.8, 4) is 0 Å². The Balaban J connectivity index is 2.95. The van der Waals surface area contributed by atoms with E-state index in [2.05, 4.69) is 10.6 Å². The first-order valence-electron chi connectivity index (χ1n) is 6.45. The van der Waals surface area contributed by atoms with Crippen molar-refractivity contribution < 1.29 is 13.2 Å². The van der Waals surface area contributed by atoms with E-state index in [4.69, 9.17) is 11.6 Å². The summed E-state index contributed by atoms with van der Waals surface area (Å²) in [6.45, 7) is 7.38. The van der Waals surface area contributed by atoms with Gasteiger partial charge in [0.25, 0.3) is 0 Å². The number of hydrogen-bond acceptors (Lipinski definition) is 4. The molecule has 0 aromatic heterocycles. The van der Waals surface area contributed by atoms with Gasteiger partial charge in [-0.2, -0.15) is 0 Å². The van der Waals surface area contributed by atoms with Gasteiger partial charge >= 0.3 is 0 Å². The zero-order valence-electron chi connectivity index (χ0n) is 12.9. The van der Waals surface area contributed by atoms with Crippen LogP contribution in [-0.4, -0.2) is 32.7 Å². The normalized spacial score (nSPS) is 12.1. The lowest BCUT2D eigenvalue weighted by molar-refractivity contribution is -0.120. The molecule has 21 heavy (non-hydrogen) atoms. The van der Waals surface area contributed by atoms with Gasteiger partial charge in [0.05, 0.1) is 11.4 Å². The smallest absolute Gasteiger partial charge is 0.239 e. The maximum Gasteiger partial charge on any atom is 0.239 e. The summed E-state index contributed by atoms with van der Waals surface area (Å²) >= 11 is 5.94. The summed E-state index contributed by atoms with van der Waals surface area (Å²) in [5, 5.41) is 6.05. The highest BCUT2D eigenvalue weighted by molar-refractivity contribution is 7.90. The van der Waals surface area contributed by atoms with Crippen LogP contribution in [0.3, 0.4) is 0 Å². The number of halogens is 1. The van der Waals surface area contributed by atoms with Gasteiger partial charge in [0.15, 0.2) is 9.84 Å². The van der Waals surface area contributed by atoms with Crippen LogP contribution < -0.4 is 10.6 Å². The first kappa shape index (κ1) is 17.8. The van der Waals surface area contributed by atoms with Crippen LogP contribution >= 0.6 is 11.6 Å². The molecule has 0 radical (unpaired) electrons. The summed E-state index contributed by atoms with van der Waals surface area (Å²) in [5.74, 6) is -0.178. The minimum Gasteiger partial charge on any atom is -0.376 e. The first-order chi connectivity index (χ1) is 9.40. The fourth-order valence-corrected chi connectivity index (χ4v) is 3.15. The molecule has 1 amide bonds. The van der Waals surface area contributed by atoms with Gasteiger partial charge in [0.1, 0.15) is 0 Å². The summed E-state index contributed by atoms with van der Waals surface area (Å²) in [6, 6.07) is 3.02. The van der Waals surface area contributed by atoms with Gasteiger partial charge in [-0.15, -0.1) is 0 Å². The Morgan fingerprint density at radius 2 is 1.86 bits per heavy atom. The van der Waals surface area contributed by atoms with E-state index < -0.39 is 9.84 Å². The quantitative estimate of drug-likeness (QED) is 0.887. The standard InChI is InChI=1S/C14H21ClN2O3S/c1-9-11(16-8-13(18)17-14(2,3)4)6-10(15)7-12(9)21(5,19)20/h6-7,16H,8H2,1-5H3,(H,17,18). The molecule has 0 bridgehead atoms. The number of anilines is 1. The molecule has 0 aliphatic rings. The molecule has 0 fully saturated rings. The molecule has 2 N–H and O–H groups in total. The fourth-order valence-electron chi connectivity index (χ4n) is 1.86. The van der Waals surface area contributed by atoms with Crippen molar-refractivity contribution in [2.45, 2.75) is 38.1 Å². The van der Waals surface area contributed by atoms with Crippen LogP contribution in [0.2, 0.25) is 5.02 Å². The maximum absolute atomic E-state index is 11.8. The van der Waals surface area contributed by atoms with E-state index in [1.54, 1.807) is 13.0 Å². The summed E-state index contributed by atoms with van der Waals surface area (Å²) in [6.07, 6.45) is 1.13. The molecule has 0 saturated heterocycles. The van der Waals surface area contributed by atoms with Gasteiger partial charge in [0.2, 0.25) is 5.91 Å². The SMILES string of the molecule is Cc1c(NCC(=O)NC(C)(C)C)cc(Cl)cc1S(C)(=O)=O. The van der Waals surface area contributed by atoms with Crippen molar-refractivity contribution in [3.63, 3.8) is 0 Å². The van der Waals surface area contributed by atoms with Crippen LogP contribution in [0.25, 0.3) is 0 Å². The van der Waals surface area contributed by atoms with Crippen molar-refractivity contribution in [2.75, 3.05) is 18.1 Å². The largest absolute Gasteiger partial charge is 0.376 e. The predicted octanol–water partition coefficient (Wildman–Crippen LogP) is 2.38. The molecule has 0 aliphatic heterocycles. The van der Waals surface area contributed by atoms with E-state index in [-0.39, 0.29) is 22.9 Å². The topological polar surface area (TPSA) is 75.3 Å². The molecule has 1 aromatic rings. The Hall–Kier alpha value is -1.27. The lowest BCUT2D eigenvalue weighted by atomic mass is 10.1. The minimum atomic E-state index is -3.37. The van der Waals surface area contributed by atoms with E-state index in [0.717, 1.165) is 6.26 Å². The van der Waals surface area contributed by atoms with Crippen LogP contribution in [0.5, 0.6) is 0 Å². The second-order valence-electron chi connectivity index (χ2n) is 6.00. The molecule has 7 heteroatoms. The fraction of sp³-hybridized carbons (Fsp3) is 0.500. The van der Waals surface area contributed by atoms with Crippen LogP contribution in [0.1, 0.15) is 26.3 Å². The second-order valence-corrected chi connectivity index (χ2v) is 8.42. The van der Waals surface area contributed by atoms with Gasteiger partial charge in [-0.3, -0.25) is 4.79 Å². The number of benzene rings is 1. The van der Waals surface area contributed by atoms with Gasteiger partial charge in [0, 0.05) is 22.5 Å². The highest BCUT2D eigenvalue weighted by Gasteiger charge is 2.17. The third kappa shape index (κ3) is 5.55. The van der Waals surface area contributed by atoms with Crippen LogP contribution in [0.4, 0.5) is 5.69 Å². The third-order valence-corrected chi connectivity index (χ3v) is 4.12. The lowest BCUT2D eigenvalue weighted by Gasteiger charge is -2.21. The Bertz CT molecular complexity index is 649. The summed E-state index contributed by atoms with van der Waals surface area (Å²) < 4.78 is 23.4. The second kappa shape index (κ2) is 6.23. The lowest BCUT2D eigenvalue weighted by Crippen LogP contribution is -2.43. The molecule has 0 atom stereocenters. The van der Waals surface area contributed by atoms with Gasteiger partial charge in [-0.1, -0.05) is 11.6 Å². The van der Waals surface area contributed by atoms with Gasteiger partial charge < -0.3 is 10.6 Å². The molecule has 0 heterocycles. The number of carbonyl (C=O) groups is 1. The van der Waals surface area contributed by atoms with Crippen molar-refractivity contribution in [3.05, 3.63) is 22.7 Å². The number of rotatable bonds is 4. The number of sulfone groups is 1. The Labute approximate surface area is 131 Å². The molecule has 1 aromatic carbocycles. The van der Waals surface area contributed by atoms with E-state index in [1.165, 1.54) is 6.07 Å². The minimum absolute atomic E-state index is 0.0433. The third-order valence-electron chi connectivity index (χ3n) is 2.68. The van der Waals surface area contributed by atoms with Crippen molar-refractivity contribution in [1.82, 2.24) is 5.32 Å². The Morgan fingerprint density at radius 3 is 2.33 bits per heavy atom. The summed E-state index contributed by atoms with van der Waals surface area (Å²) in [5.41, 5.74) is 0.762. The average Bonchev–Trinajstić information content (AvgIpc) is 2.26. The highest BCUT2D eigenvalue weighted by Crippen LogP contribution is 2.27. The molecule has 0 spiro atoms. The molecular weight excluding hydrogens is 312 g/mol. The molecule has 0 unspecified atom stereocenters. The van der Waals surface area contributed by atoms with E-state index in [9.17, 15) is 13.2 Å². The maximum atomic E-state index is 11.8. The van der Waals surface area contributed by atoms with Crippen LogP contribution in [0, 0.1) is 6.92 Å². The molecule has 118 valence electrons. The zero-order chi connectivity index (χ0) is 16.4. The molecule has 0 saturated carbocycles. The Morgan fingerprint density at radius 1 is 1.29 bits per heavy atom. The summed E-state index contributed by atoms with van der Waals surface area (Å²) in [7, 11) is -3.37. The molecule has 0 aliphatic carbocycles. The summed E-state index contributed by atoms with van der Waals surface area (Å²) in [4.78, 5) is 11.9. The first-order valence-corrected chi connectivity index (χ1v) is 8.72. The van der Waals surface area contributed by atoms with E-state index in [0.29, 0.717) is 16.3 Å². The van der Waals surface area contributed by atoms with E-state index >= 15 is 0 Å². The van der Waals surface area contributed by atoms with Gasteiger partial charge in [-0.05, 0) is 45.4 Å². The molecule has 5 nitrogen and oxygen atoms in total. The molecular formula is C14H21ClN2O3S. The van der Waals surface area contributed by atoms with Crippen molar-refractivity contribution in [1.29, 1.82) is 0 Å². The monoisotopic (exact) mass is 332 g/mol. The predicted molar refractivity (Wildman–Crippen MR) is 85.7 cm³/mol. The number of hydrogen-bond donors (Lipinski definition) is 2. The van der Waals surface area contributed by atoms with E-state index in [1.807, 2.05) is 20.8 Å². The number of carbonyl (C=O) groups excluding carboxylic acids is 1. The molecule has 1 rings (SSSR count). The highest BCUT2D eigenvalue weighted by atomic mass is 35.5. The Kier molecular flexibility index (Phi) is 5.28. The zero-order valence-corrected chi connectivity index (χ0v) is 14.4. The number of amides is 1. The van der Waals surface area contributed by atoms with Gasteiger partial charge in [-0.25, -0.2) is 8.42 Å². The van der Waals surface area contributed by atoms with Crippen molar-refractivity contribution in [2.24, 2.45) is 0 Å². The average molecular weight is 333 g/mol.